The van der Waals surface area contributed by atoms with Crippen molar-refractivity contribution in [1.82, 2.24) is 0 Å². The van der Waals surface area contributed by atoms with Gasteiger partial charge in [-0.15, -0.1) is 0 Å². The van der Waals surface area contributed by atoms with Gasteiger partial charge in [-0.25, -0.2) is 4.79 Å². The first-order chi connectivity index (χ1) is 10.6. The normalized spacial score (nSPS) is 10.7. The summed E-state index contributed by atoms with van der Waals surface area (Å²) in [5, 5.41) is 2.63. The lowest BCUT2D eigenvalue weighted by atomic mass is 10.2. The molecule has 1 aromatic carbocycles. The number of methoxy groups -OCH3 is 1. The van der Waals surface area contributed by atoms with Crippen molar-refractivity contribution in [3.05, 3.63) is 24.3 Å². The molecular formula is C16H22N2O5. The summed E-state index contributed by atoms with van der Waals surface area (Å²) in [5.74, 6) is -0.766. The number of carbonyl (C=O) groups excluding carboxylic acids is 3. The molecule has 0 aliphatic rings. The second-order valence-electron chi connectivity index (χ2n) is 5.87. The summed E-state index contributed by atoms with van der Waals surface area (Å²) in [4.78, 5) is 36.0. The number of hydrogen-bond donors (Lipinski definition) is 1. The highest BCUT2D eigenvalue weighted by Crippen LogP contribution is 2.21. The number of ether oxygens (including phenoxy) is 2. The van der Waals surface area contributed by atoms with Crippen LogP contribution in [0.15, 0.2) is 24.3 Å². The molecule has 0 unspecified atom stereocenters. The quantitative estimate of drug-likeness (QED) is 0.861. The fraction of sp³-hybridized carbons (Fsp3) is 0.438. The Kier molecular flexibility index (Phi) is 6.12. The van der Waals surface area contributed by atoms with E-state index in [1.165, 1.54) is 18.9 Å². The van der Waals surface area contributed by atoms with Crippen molar-refractivity contribution in [2.45, 2.75) is 33.3 Å². The molecular weight excluding hydrogens is 300 g/mol. The first-order valence-corrected chi connectivity index (χ1v) is 7.07. The van der Waals surface area contributed by atoms with Gasteiger partial charge in [0.1, 0.15) is 12.1 Å². The molecule has 23 heavy (non-hydrogen) atoms. The molecule has 0 bridgehead atoms. The fourth-order valence-electron chi connectivity index (χ4n) is 1.70. The van der Waals surface area contributed by atoms with Crippen molar-refractivity contribution in [3.63, 3.8) is 0 Å². The second-order valence-corrected chi connectivity index (χ2v) is 5.87. The fourth-order valence-corrected chi connectivity index (χ4v) is 1.70. The smallest absolute Gasteiger partial charge is 0.415 e. The second kappa shape index (κ2) is 7.62. The maximum Gasteiger partial charge on any atom is 0.415 e. The third-order valence-corrected chi connectivity index (χ3v) is 2.63. The van der Waals surface area contributed by atoms with Crippen LogP contribution in [0.25, 0.3) is 0 Å². The molecule has 0 heterocycles. The number of nitrogens with one attached hydrogen (secondary N) is 1. The summed E-state index contributed by atoms with van der Waals surface area (Å²) >= 11 is 0. The van der Waals surface area contributed by atoms with Gasteiger partial charge < -0.3 is 14.8 Å². The third-order valence-electron chi connectivity index (χ3n) is 2.63. The van der Waals surface area contributed by atoms with Gasteiger partial charge in [0.15, 0.2) is 0 Å². The predicted molar refractivity (Wildman–Crippen MR) is 86.3 cm³/mol. The minimum atomic E-state index is -0.693. The number of amides is 2. The summed E-state index contributed by atoms with van der Waals surface area (Å²) < 4.78 is 9.92. The Hall–Kier alpha value is -2.57. The molecule has 1 N–H and O–H groups in total. The molecule has 0 aliphatic heterocycles. The van der Waals surface area contributed by atoms with Crippen LogP contribution in [0.4, 0.5) is 16.2 Å². The minimum absolute atomic E-state index is 0.198. The Labute approximate surface area is 135 Å². The average molecular weight is 322 g/mol. The summed E-state index contributed by atoms with van der Waals surface area (Å²) in [5.41, 5.74) is 0.351. The highest BCUT2D eigenvalue weighted by atomic mass is 16.6. The van der Waals surface area contributed by atoms with Gasteiger partial charge in [-0.2, -0.15) is 0 Å². The first kappa shape index (κ1) is 18.5. The number of esters is 1. The zero-order valence-corrected chi connectivity index (χ0v) is 14.0. The van der Waals surface area contributed by atoms with E-state index in [0.717, 1.165) is 0 Å². The average Bonchev–Trinajstić information content (AvgIpc) is 2.43. The molecule has 0 saturated carbocycles. The molecule has 2 amide bonds. The number of carbonyl (C=O) groups is 3. The zero-order chi connectivity index (χ0) is 17.6. The summed E-state index contributed by atoms with van der Waals surface area (Å²) in [6.07, 6.45) is -0.657. The molecule has 7 heteroatoms. The summed E-state index contributed by atoms with van der Waals surface area (Å²) in [6, 6.07) is 6.48. The molecule has 1 aromatic rings. The predicted octanol–water partition coefficient (Wildman–Crippen LogP) is 2.56. The van der Waals surface area contributed by atoms with E-state index in [4.69, 9.17) is 4.74 Å². The maximum absolute atomic E-state index is 12.3. The van der Waals surface area contributed by atoms with Crippen molar-refractivity contribution in [2.75, 3.05) is 23.9 Å². The van der Waals surface area contributed by atoms with E-state index in [1.54, 1.807) is 45.0 Å². The van der Waals surface area contributed by atoms with Crippen LogP contribution in [0.2, 0.25) is 0 Å². The lowest BCUT2D eigenvalue weighted by molar-refractivity contribution is -0.139. The molecule has 7 nitrogen and oxygen atoms in total. The molecule has 0 aromatic heterocycles. The topological polar surface area (TPSA) is 84.9 Å². The van der Waals surface area contributed by atoms with Crippen molar-refractivity contribution in [1.29, 1.82) is 0 Å². The van der Waals surface area contributed by atoms with Crippen LogP contribution < -0.4 is 10.2 Å². The van der Waals surface area contributed by atoms with Crippen LogP contribution in [0, 0.1) is 0 Å². The molecule has 0 radical (unpaired) electrons. The van der Waals surface area contributed by atoms with Crippen molar-refractivity contribution in [2.24, 2.45) is 0 Å². The van der Waals surface area contributed by atoms with Gasteiger partial charge >= 0.3 is 12.1 Å². The van der Waals surface area contributed by atoms with Gasteiger partial charge in [0.25, 0.3) is 0 Å². The van der Waals surface area contributed by atoms with Crippen LogP contribution in [0.1, 0.15) is 27.7 Å². The van der Waals surface area contributed by atoms with E-state index >= 15 is 0 Å². The number of nitrogens with zero attached hydrogens (tertiary/aromatic N) is 1. The highest BCUT2D eigenvalue weighted by Gasteiger charge is 2.25. The van der Waals surface area contributed by atoms with Crippen molar-refractivity contribution in [3.8, 4) is 0 Å². The monoisotopic (exact) mass is 322 g/mol. The van der Waals surface area contributed by atoms with Crippen LogP contribution in [0.5, 0.6) is 0 Å². The van der Waals surface area contributed by atoms with Gasteiger partial charge in [-0.05, 0) is 45.0 Å². The Morgan fingerprint density at radius 3 is 2.13 bits per heavy atom. The highest BCUT2D eigenvalue weighted by molar-refractivity contribution is 5.94. The Morgan fingerprint density at radius 1 is 1.13 bits per heavy atom. The van der Waals surface area contributed by atoms with E-state index in [-0.39, 0.29) is 12.5 Å². The lowest BCUT2D eigenvalue weighted by Gasteiger charge is -2.26. The number of hydrogen-bond acceptors (Lipinski definition) is 5. The van der Waals surface area contributed by atoms with Crippen molar-refractivity contribution < 1.29 is 23.9 Å². The summed E-state index contributed by atoms with van der Waals surface area (Å²) in [7, 11) is 1.25. The Morgan fingerprint density at radius 2 is 1.70 bits per heavy atom. The SMILES string of the molecule is COC(=O)CN(C(=O)OC(C)(C)C)c1ccc(NC(C)=O)cc1. The standard InChI is InChI=1S/C16H22N2O5/c1-11(19)17-12-6-8-13(9-7-12)18(10-14(20)22-5)15(21)23-16(2,3)4/h6-9H,10H2,1-5H3,(H,17,19). The molecule has 1 rings (SSSR count). The third kappa shape index (κ3) is 6.37. The van der Waals surface area contributed by atoms with Crippen LogP contribution in [-0.4, -0.2) is 37.2 Å². The summed E-state index contributed by atoms with van der Waals surface area (Å²) in [6.45, 7) is 6.34. The molecule has 0 spiro atoms. The van der Waals surface area contributed by atoms with Crippen LogP contribution in [0.3, 0.4) is 0 Å². The van der Waals surface area contributed by atoms with E-state index < -0.39 is 17.7 Å². The van der Waals surface area contributed by atoms with Crippen molar-refractivity contribution >= 4 is 29.3 Å². The molecule has 126 valence electrons. The molecule has 0 atom stereocenters. The molecule has 0 saturated heterocycles. The Balaban J connectivity index is 3.01. The molecule has 0 fully saturated rings. The van der Waals surface area contributed by atoms with Gasteiger partial charge in [-0.1, -0.05) is 0 Å². The van der Waals surface area contributed by atoms with E-state index in [1.807, 2.05) is 0 Å². The number of rotatable bonds is 4. The largest absolute Gasteiger partial charge is 0.468 e. The lowest BCUT2D eigenvalue weighted by Crippen LogP contribution is -2.40. The van der Waals surface area contributed by atoms with Crippen LogP contribution in [-0.2, 0) is 19.1 Å². The van der Waals surface area contributed by atoms with E-state index in [0.29, 0.717) is 11.4 Å². The number of benzene rings is 1. The van der Waals surface area contributed by atoms with Gasteiger partial charge in [0, 0.05) is 18.3 Å². The van der Waals surface area contributed by atoms with E-state index in [2.05, 4.69) is 10.1 Å². The van der Waals surface area contributed by atoms with Crippen LogP contribution >= 0.6 is 0 Å². The maximum atomic E-state index is 12.3. The first-order valence-electron chi connectivity index (χ1n) is 7.07. The minimum Gasteiger partial charge on any atom is -0.468 e. The van der Waals surface area contributed by atoms with E-state index in [9.17, 15) is 14.4 Å². The Bertz CT molecular complexity index is 575. The van der Waals surface area contributed by atoms with Gasteiger partial charge in [0.2, 0.25) is 5.91 Å². The van der Waals surface area contributed by atoms with Gasteiger partial charge in [-0.3, -0.25) is 14.5 Å². The zero-order valence-electron chi connectivity index (χ0n) is 14.0. The molecule has 0 aliphatic carbocycles. The number of anilines is 2. The van der Waals surface area contributed by atoms with Gasteiger partial charge in [0.05, 0.1) is 7.11 Å².